The van der Waals surface area contributed by atoms with E-state index in [9.17, 15) is 0 Å². The number of benzene rings is 1. The molecular formula is C13H15NO. The highest BCUT2D eigenvalue weighted by atomic mass is 16.2. The minimum atomic E-state index is 0.223. The summed E-state index contributed by atoms with van der Waals surface area (Å²) in [5.41, 5.74) is 3.97. The Morgan fingerprint density at radius 3 is 2.93 bits per heavy atom. The van der Waals surface area contributed by atoms with Gasteiger partial charge in [-0.3, -0.25) is 0 Å². The van der Waals surface area contributed by atoms with E-state index < -0.39 is 0 Å². The third-order valence-electron chi connectivity index (χ3n) is 3.23. The Morgan fingerprint density at radius 2 is 2.20 bits per heavy atom. The minimum absolute atomic E-state index is 0.223. The van der Waals surface area contributed by atoms with E-state index >= 15 is 0 Å². The van der Waals surface area contributed by atoms with Crippen molar-refractivity contribution in [2.45, 2.75) is 25.2 Å². The first-order chi connectivity index (χ1) is 7.40. The Hall–Kier alpha value is -1.28. The highest BCUT2D eigenvalue weighted by molar-refractivity contribution is 5.86. The Bertz CT molecular complexity index is 482. The largest absolute Gasteiger partial charge is 0.396 e. The second kappa shape index (κ2) is 3.38. The summed E-state index contributed by atoms with van der Waals surface area (Å²) < 4.78 is 0. The van der Waals surface area contributed by atoms with Gasteiger partial charge in [-0.25, -0.2) is 0 Å². The Labute approximate surface area is 88.9 Å². The molecule has 0 spiro atoms. The molecule has 1 aromatic carbocycles. The fraction of sp³-hybridized carbons (Fsp3) is 0.385. The average Bonchev–Trinajstić information content (AvgIpc) is 3.02. The summed E-state index contributed by atoms with van der Waals surface area (Å²) in [4.78, 5) is 3.35. The first-order valence-corrected chi connectivity index (χ1v) is 5.60. The third kappa shape index (κ3) is 1.45. The highest BCUT2D eigenvalue weighted by Crippen LogP contribution is 2.43. The molecule has 0 unspecified atom stereocenters. The maximum absolute atomic E-state index is 8.97. The maximum Gasteiger partial charge on any atom is 0.0492 e. The number of aliphatic hydroxyl groups excluding tert-OH is 1. The number of fused-ring (bicyclic) bond motifs is 1. The van der Waals surface area contributed by atoms with Crippen molar-refractivity contribution in [2.75, 3.05) is 6.61 Å². The summed E-state index contributed by atoms with van der Waals surface area (Å²) in [5.74, 6) is 0.773. The van der Waals surface area contributed by atoms with Crippen LogP contribution in [-0.2, 0) is 6.42 Å². The molecule has 78 valence electrons. The van der Waals surface area contributed by atoms with Gasteiger partial charge in [0, 0.05) is 23.7 Å². The van der Waals surface area contributed by atoms with Crippen LogP contribution in [0.1, 0.15) is 29.9 Å². The first-order valence-electron chi connectivity index (χ1n) is 5.60. The van der Waals surface area contributed by atoms with Crippen molar-refractivity contribution >= 4 is 10.9 Å². The predicted octanol–water partition coefficient (Wildman–Crippen LogP) is 2.58. The van der Waals surface area contributed by atoms with Gasteiger partial charge in [0.15, 0.2) is 0 Å². The van der Waals surface area contributed by atoms with Crippen LogP contribution in [0.3, 0.4) is 0 Å². The molecule has 1 saturated carbocycles. The lowest BCUT2D eigenvalue weighted by molar-refractivity contribution is 0.300. The Morgan fingerprint density at radius 1 is 1.33 bits per heavy atom. The van der Waals surface area contributed by atoms with E-state index in [1.807, 2.05) is 6.20 Å². The van der Waals surface area contributed by atoms with Crippen molar-refractivity contribution in [3.8, 4) is 0 Å². The zero-order chi connectivity index (χ0) is 10.3. The molecule has 0 bridgehead atoms. The van der Waals surface area contributed by atoms with Crippen LogP contribution >= 0.6 is 0 Å². The fourth-order valence-corrected chi connectivity index (χ4v) is 2.30. The summed E-state index contributed by atoms with van der Waals surface area (Å²) in [6.45, 7) is 0.223. The lowest BCUT2D eigenvalue weighted by Gasteiger charge is -2.01. The average molecular weight is 201 g/mol. The van der Waals surface area contributed by atoms with E-state index in [1.165, 1.54) is 34.9 Å². The molecule has 0 amide bonds. The summed E-state index contributed by atoms with van der Waals surface area (Å²) in [7, 11) is 0. The van der Waals surface area contributed by atoms with Gasteiger partial charge in [0.25, 0.3) is 0 Å². The van der Waals surface area contributed by atoms with Gasteiger partial charge in [-0.05, 0) is 36.3 Å². The molecule has 2 heteroatoms. The van der Waals surface area contributed by atoms with Crippen LogP contribution in [0, 0.1) is 0 Å². The monoisotopic (exact) mass is 201 g/mol. The van der Waals surface area contributed by atoms with Crippen LogP contribution < -0.4 is 0 Å². The number of H-pyrrole nitrogens is 1. The van der Waals surface area contributed by atoms with Gasteiger partial charge >= 0.3 is 0 Å². The van der Waals surface area contributed by atoms with E-state index in [0.29, 0.717) is 0 Å². The van der Waals surface area contributed by atoms with E-state index in [0.717, 1.165) is 12.3 Å². The van der Waals surface area contributed by atoms with E-state index in [4.69, 9.17) is 5.11 Å². The van der Waals surface area contributed by atoms with Gasteiger partial charge in [-0.2, -0.15) is 0 Å². The number of aromatic nitrogens is 1. The van der Waals surface area contributed by atoms with E-state index in [1.54, 1.807) is 0 Å². The summed E-state index contributed by atoms with van der Waals surface area (Å²) in [5, 5.41) is 10.3. The second-order valence-corrected chi connectivity index (χ2v) is 4.33. The molecule has 0 radical (unpaired) electrons. The lowest BCUT2D eigenvalue weighted by Crippen LogP contribution is -1.88. The van der Waals surface area contributed by atoms with Crippen molar-refractivity contribution in [3.05, 3.63) is 35.5 Å². The second-order valence-electron chi connectivity index (χ2n) is 4.33. The molecule has 0 aliphatic heterocycles. The van der Waals surface area contributed by atoms with Gasteiger partial charge < -0.3 is 10.1 Å². The maximum atomic E-state index is 8.97. The number of hydrogen-bond acceptors (Lipinski definition) is 1. The Balaban J connectivity index is 2.14. The van der Waals surface area contributed by atoms with Gasteiger partial charge in [0.05, 0.1) is 0 Å². The third-order valence-corrected chi connectivity index (χ3v) is 3.23. The van der Waals surface area contributed by atoms with E-state index in [2.05, 4.69) is 23.2 Å². The number of hydrogen-bond donors (Lipinski definition) is 2. The minimum Gasteiger partial charge on any atom is -0.396 e. The molecule has 0 atom stereocenters. The van der Waals surface area contributed by atoms with Crippen molar-refractivity contribution < 1.29 is 5.11 Å². The van der Waals surface area contributed by atoms with Crippen molar-refractivity contribution in [1.82, 2.24) is 4.98 Å². The van der Waals surface area contributed by atoms with Crippen molar-refractivity contribution in [1.29, 1.82) is 0 Å². The van der Waals surface area contributed by atoms with Crippen LogP contribution in [0.5, 0.6) is 0 Å². The smallest absolute Gasteiger partial charge is 0.0492 e. The molecule has 2 nitrogen and oxygen atoms in total. The fourth-order valence-electron chi connectivity index (χ4n) is 2.30. The van der Waals surface area contributed by atoms with Crippen LogP contribution in [-0.4, -0.2) is 16.7 Å². The number of para-hydroxylation sites is 1. The molecule has 2 N–H and O–H groups in total. The van der Waals surface area contributed by atoms with E-state index in [-0.39, 0.29) is 6.61 Å². The topological polar surface area (TPSA) is 36.0 Å². The van der Waals surface area contributed by atoms with Gasteiger partial charge in [0.1, 0.15) is 0 Å². The quantitative estimate of drug-likeness (QED) is 0.786. The summed E-state index contributed by atoms with van der Waals surface area (Å²) in [6.07, 6.45) is 5.43. The normalized spacial score (nSPS) is 16.1. The molecule has 2 aromatic rings. The number of nitrogens with one attached hydrogen (secondary N) is 1. The zero-order valence-electron chi connectivity index (χ0n) is 8.66. The van der Waals surface area contributed by atoms with Gasteiger partial charge in [-0.15, -0.1) is 0 Å². The molecule has 0 saturated heterocycles. The SMILES string of the molecule is OCCc1c[nH]c2c(C3CC3)cccc12. The molecule has 1 heterocycles. The van der Waals surface area contributed by atoms with Gasteiger partial charge in [0.2, 0.25) is 0 Å². The Kier molecular flexibility index (Phi) is 2.03. The highest BCUT2D eigenvalue weighted by Gasteiger charge is 2.25. The zero-order valence-corrected chi connectivity index (χ0v) is 8.66. The van der Waals surface area contributed by atoms with Crippen molar-refractivity contribution in [3.63, 3.8) is 0 Å². The molecule has 1 aromatic heterocycles. The van der Waals surface area contributed by atoms with Crippen molar-refractivity contribution in [2.24, 2.45) is 0 Å². The number of aromatic amines is 1. The number of aliphatic hydroxyl groups is 1. The molecule has 1 aliphatic rings. The standard InChI is InChI=1S/C13H15NO/c15-7-6-10-8-14-13-11(9-4-5-9)2-1-3-12(10)13/h1-3,8-9,14-15H,4-7H2. The molecule has 1 fully saturated rings. The predicted molar refractivity (Wildman–Crippen MR) is 61.1 cm³/mol. The summed E-state index contributed by atoms with van der Waals surface area (Å²) >= 11 is 0. The summed E-state index contributed by atoms with van der Waals surface area (Å²) in [6, 6.07) is 6.49. The van der Waals surface area contributed by atoms with Crippen LogP contribution in [0.15, 0.2) is 24.4 Å². The van der Waals surface area contributed by atoms with Crippen LogP contribution in [0.4, 0.5) is 0 Å². The lowest BCUT2D eigenvalue weighted by atomic mass is 10.0. The molecule has 1 aliphatic carbocycles. The number of rotatable bonds is 3. The van der Waals surface area contributed by atoms with Gasteiger partial charge in [-0.1, -0.05) is 18.2 Å². The van der Waals surface area contributed by atoms with Crippen LogP contribution in [0.2, 0.25) is 0 Å². The van der Waals surface area contributed by atoms with Crippen LogP contribution in [0.25, 0.3) is 10.9 Å². The molecule has 3 rings (SSSR count). The molecule has 15 heavy (non-hydrogen) atoms. The first kappa shape index (κ1) is 8.98. The molecular weight excluding hydrogens is 186 g/mol.